The molecule has 0 aromatic heterocycles. The second kappa shape index (κ2) is 4.58. The van der Waals surface area contributed by atoms with Crippen LogP contribution in [0.25, 0.3) is 0 Å². The molecule has 0 radical (unpaired) electrons. The summed E-state index contributed by atoms with van der Waals surface area (Å²) in [4.78, 5) is 0. The monoisotopic (exact) mass is 193 g/mol. The quantitative estimate of drug-likeness (QED) is 0.768. The number of aryl methyl sites for hydroxylation is 2. The summed E-state index contributed by atoms with van der Waals surface area (Å²) in [5.74, 6) is 0.111. The van der Waals surface area contributed by atoms with Gasteiger partial charge in [0.1, 0.15) is 0 Å². The lowest BCUT2D eigenvalue weighted by molar-refractivity contribution is 0.157. The summed E-state index contributed by atoms with van der Waals surface area (Å²) in [5.41, 5.74) is 9.09. The molecule has 0 spiro atoms. The number of nitrogens with two attached hydrogens (primary N) is 1. The van der Waals surface area contributed by atoms with Gasteiger partial charge in [-0.1, -0.05) is 30.7 Å². The summed E-state index contributed by atoms with van der Waals surface area (Å²) in [6, 6.07) is 6.30. The van der Waals surface area contributed by atoms with Crippen molar-refractivity contribution in [3.05, 3.63) is 34.9 Å². The minimum atomic E-state index is -0.449. The van der Waals surface area contributed by atoms with Crippen LogP contribution in [-0.4, -0.2) is 17.8 Å². The predicted molar refractivity (Wildman–Crippen MR) is 59.4 cm³/mol. The maximum atomic E-state index is 9.67. The van der Waals surface area contributed by atoms with Crippen molar-refractivity contribution < 1.29 is 5.11 Å². The molecule has 1 aromatic rings. The van der Waals surface area contributed by atoms with E-state index in [0.29, 0.717) is 6.54 Å². The van der Waals surface area contributed by atoms with Gasteiger partial charge < -0.3 is 10.8 Å². The van der Waals surface area contributed by atoms with E-state index >= 15 is 0 Å². The Hall–Kier alpha value is -0.860. The molecule has 2 unspecified atom stereocenters. The van der Waals surface area contributed by atoms with Crippen LogP contribution in [0.2, 0.25) is 0 Å². The number of benzene rings is 1. The molecule has 2 atom stereocenters. The number of hydrogen-bond donors (Lipinski definition) is 2. The Kier molecular flexibility index (Phi) is 3.67. The van der Waals surface area contributed by atoms with Gasteiger partial charge in [-0.05, 0) is 25.0 Å². The second-order valence-corrected chi connectivity index (χ2v) is 3.95. The number of hydrogen-bond acceptors (Lipinski definition) is 2. The predicted octanol–water partition coefficient (Wildman–Crippen LogP) is 1.73. The number of rotatable bonds is 3. The zero-order chi connectivity index (χ0) is 10.7. The molecule has 0 bridgehead atoms. The fraction of sp³-hybridized carbons (Fsp3) is 0.500. The summed E-state index contributed by atoms with van der Waals surface area (Å²) < 4.78 is 0. The Morgan fingerprint density at radius 3 is 2.57 bits per heavy atom. The van der Waals surface area contributed by atoms with Crippen molar-refractivity contribution in [2.24, 2.45) is 5.73 Å². The Bertz CT molecular complexity index is 309. The number of aliphatic hydroxyl groups excluding tert-OH is 1. The van der Waals surface area contributed by atoms with E-state index in [1.165, 1.54) is 16.7 Å². The van der Waals surface area contributed by atoms with E-state index in [-0.39, 0.29) is 5.92 Å². The summed E-state index contributed by atoms with van der Waals surface area (Å²) in [5, 5.41) is 9.67. The average molecular weight is 193 g/mol. The van der Waals surface area contributed by atoms with Crippen LogP contribution in [0.4, 0.5) is 0 Å². The van der Waals surface area contributed by atoms with Gasteiger partial charge in [0, 0.05) is 12.5 Å². The van der Waals surface area contributed by atoms with Crippen molar-refractivity contribution in [2.45, 2.75) is 32.8 Å². The molecule has 0 saturated carbocycles. The van der Waals surface area contributed by atoms with E-state index in [0.717, 1.165) is 0 Å². The Morgan fingerprint density at radius 2 is 2.00 bits per heavy atom. The Balaban J connectivity index is 2.99. The fourth-order valence-electron chi connectivity index (χ4n) is 1.66. The van der Waals surface area contributed by atoms with Crippen molar-refractivity contribution in [1.82, 2.24) is 0 Å². The molecule has 0 aliphatic carbocycles. The third kappa shape index (κ3) is 2.34. The van der Waals surface area contributed by atoms with Gasteiger partial charge in [0.05, 0.1) is 6.10 Å². The standard InChI is InChI=1S/C12H19NO/c1-8-4-5-9(2)11(6-8)10(3)12(14)7-13/h4-6,10,12,14H,7,13H2,1-3H3. The first-order chi connectivity index (χ1) is 6.56. The maximum Gasteiger partial charge on any atom is 0.0728 e. The Morgan fingerprint density at radius 1 is 1.36 bits per heavy atom. The smallest absolute Gasteiger partial charge is 0.0728 e. The van der Waals surface area contributed by atoms with Crippen molar-refractivity contribution in [3.63, 3.8) is 0 Å². The molecule has 0 amide bonds. The van der Waals surface area contributed by atoms with Crippen LogP contribution in [-0.2, 0) is 0 Å². The summed E-state index contributed by atoms with van der Waals surface area (Å²) >= 11 is 0. The molecule has 78 valence electrons. The van der Waals surface area contributed by atoms with E-state index < -0.39 is 6.10 Å². The van der Waals surface area contributed by atoms with Gasteiger partial charge in [-0.15, -0.1) is 0 Å². The van der Waals surface area contributed by atoms with E-state index in [1.54, 1.807) is 0 Å². The number of aliphatic hydroxyl groups is 1. The van der Waals surface area contributed by atoms with Gasteiger partial charge in [-0.2, -0.15) is 0 Å². The van der Waals surface area contributed by atoms with Crippen LogP contribution < -0.4 is 5.73 Å². The van der Waals surface area contributed by atoms with Crippen molar-refractivity contribution in [3.8, 4) is 0 Å². The zero-order valence-electron chi connectivity index (χ0n) is 9.12. The molecular weight excluding hydrogens is 174 g/mol. The Labute approximate surface area is 85.8 Å². The van der Waals surface area contributed by atoms with E-state index in [4.69, 9.17) is 5.73 Å². The molecular formula is C12H19NO. The summed E-state index contributed by atoms with van der Waals surface area (Å²) in [6.45, 7) is 6.45. The molecule has 1 rings (SSSR count). The van der Waals surface area contributed by atoms with Crippen LogP contribution in [0.3, 0.4) is 0 Å². The largest absolute Gasteiger partial charge is 0.391 e. The molecule has 0 saturated heterocycles. The minimum absolute atomic E-state index is 0.111. The fourth-order valence-corrected chi connectivity index (χ4v) is 1.66. The molecule has 2 nitrogen and oxygen atoms in total. The molecule has 3 N–H and O–H groups in total. The molecule has 1 aromatic carbocycles. The van der Waals surface area contributed by atoms with Gasteiger partial charge in [-0.25, -0.2) is 0 Å². The van der Waals surface area contributed by atoms with Gasteiger partial charge in [0.15, 0.2) is 0 Å². The van der Waals surface area contributed by atoms with Crippen molar-refractivity contribution in [2.75, 3.05) is 6.54 Å². The second-order valence-electron chi connectivity index (χ2n) is 3.95. The maximum absolute atomic E-state index is 9.67. The highest BCUT2D eigenvalue weighted by Crippen LogP contribution is 2.23. The van der Waals surface area contributed by atoms with Crippen LogP contribution in [0, 0.1) is 13.8 Å². The SMILES string of the molecule is Cc1ccc(C)c(C(C)C(O)CN)c1. The van der Waals surface area contributed by atoms with Crippen LogP contribution in [0.5, 0.6) is 0 Å². The highest BCUT2D eigenvalue weighted by atomic mass is 16.3. The molecule has 2 heteroatoms. The molecule has 0 heterocycles. The first-order valence-corrected chi connectivity index (χ1v) is 5.01. The first-order valence-electron chi connectivity index (χ1n) is 5.01. The first kappa shape index (κ1) is 11.2. The molecule has 14 heavy (non-hydrogen) atoms. The van der Waals surface area contributed by atoms with E-state index in [2.05, 4.69) is 32.0 Å². The highest BCUT2D eigenvalue weighted by molar-refractivity contribution is 5.33. The van der Waals surface area contributed by atoms with Gasteiger partial charge in [0.25, 0.3) is 0 Å². The molecule has 0 aliphatic rings. The normalized spacial score (nSPS) is 15.2. The highest BCUT2D eigenvalue weighted by Gasteiger charge is 2.16. The lowest BCUT2D eigenvalue weighted by Crippen LogP contribution is -2.26. The summed E-state index contributed by atoms with van der Waals surface area (Å²) in [7, 11) is 0. The third-order valence-electron chi connectivity index (χ3n) is 2.74. The zero-order valence-corrected chi connectivity index (χ0v) is 9.12. The van der Waals surface area contributed by atoms with Gasteiger partial charge >= 0.3 is 0 Å². The van der Waals surface area contributed by atoms with Crippen molar-refractivity contribution in [1.29, 1.82) is 0 Å². The van der Waals surface area contributed by atoms with Crippen molar-refractivity contribution >= 4 is 0 Å². The lowest BCUT2D eigenvalue weighted by atomic mass is 9.90. The topological polar surface area (TPSA) is 46.2 Å². The average Bonchev–Trinajstić information content (AvgIpc) is 2.19. The van der Waals surface area contributed by atoms with E-state index in [1.807, 2.05) is 6.92 Å². The van der Waals surface area contributed by atoms with Crippen LogP contribution in [0.15, 0.2) is 18.2 Å². The molecule has 0 fully saturated rings. The van der Waals surface area contributed by atoms with Crippen LogP contribution in [0.1, 0.15) is 29.5 Å². The molecule has 0 aliphatic heterocycles. The summed E-state index contributed by atoms with van der Waals surface area (Å²) in [6.07, 6.45) is -0.449. The third-order valence-corrected chi connectivity index (χ3v) is 2.74. The lowest BCUT2D eigenvalue weighted by Gasteiger charge is -2.20. The van der Waals surface area contributed by atoms with Gasteiger partial charge in [-0.3, -0.25) is 0 Å². The van der Waals surface area contributed by atoms with Gasteiger partial charge in [0.2, 0.25) is 0 Å². The van der Waals surface area contributed by atoms with E-state index in [9.17, 15) is 5.11 Å². The van der Waals surface area contributed by atoms with Crippen LogP contribution >= 0.6 is 0 Å². The minimum Gasteiger partial charge on any atom is -0.391 e.